The van der Waals surface area contributed by atoms with Crippen LogP contribution in [0.15, 0.2) is 115 Å². The van der Waals surface area contributed by atoms with Crippen LogP contribution in [0.5, 0.6) is 0 Å². The molecule has 0 amide bonds. The number of carbonyl (C=O) groups is 1. The van der Waals surface area contributed by atoms with E-state index >= 15 is 0 Å². The van der Waals surface area contributed by atoms with Crippen LogP contribution >= 0.6 is 0 Å². The number of aliphatic hydroxyl groups excluding tert-OH is 2. The van der Waals surface area contributed by atoms with Crippen molar-refractivity contribution in [3.05, 3.63) is 143 Å². The Balaban J connectivity index is 0.000000200. The topological polar surface area (TPSA) is 108 Å². The minimum Gasteiger partial charge on any atom is -0.545 e. The summed E-state index contributed by atoms with van der Waals surface area (Å²) < 4.78 is 0. The molecule has 3 atom stereocenters. The standard InChI is InChI=1S/C14H15NO.C9H10O2.C8H10O/c15-13(11-7-3-1-4-8-11)14(16)12-9-5-2-6-10-12;1-2-7-3-5-8(6-4-7)9(10)11;1-7(9)8-5-3-2-4-6-8/h1-10,13-14,16H,15H2;3-6H,2H2,1H3,(H,10,11);2-7,9H,1H3/t13-,14+;;7-/m1.1/s1. The number of carboxylic acids is 1. The Morgan fingerprint density at radius 3 is 1.50 bits per heavy atom. The molecule has 5 nitrogen and oxygen atoms in total. The molecule has 0 fully saturated rings. The zero-order chi connectivity index (χ0) is 26.3. The summed E-state index contributed by atoms with van der Waals surface area (Å²) in [5, 5.41) is 29.5. The van der Waals surface area contributed by atoms with Gasteiger partial charge < -0.3 is 25.8 Å². The van der Waals surface area contributed by atoms with E-state index in [1.807, 2.05) is 97.9 Å². The van der Waals surface area contributed by atoms with E-state index in [1.165, 1.54) is 0 Å². The van der Waals surface area contributed by atoms with Gasteiger partial charge in [0, 0.05) is 5.56 Å². The average molecular weight is 486 g/mol. The number of aromatic carboxylic acids is 1. The van der Waals surface area contributed by atoms with Gasteiger partial charge in [0.15, 0.2) is 0 Å². The van der Waals surface area contributed by atoms with Crippen LogP contribution in [0, 0.1) is 0 Å². The van der Waals surface area contributed by atoms with Crippen molar-refractivity contribution in [3.8, 4) is 0 Å². The fraction of sp³-hybridized carbons (Fsp3) is 0.194. The Bertz CT molecular complexity index is 1090. The third-order valence-corrected chi connectivity index (χ3v) is 5.63. The number of aliphatic hydroxyl groups is 2. The third kappa shape index (κ3) is 9.47. The maximum absolute atomic E-state index is 10.3. The molecule has 5 N–H and O–H groups in total. The molecule has 0 saturated carbocycles. The van der Waals surface area contributed by atoms with Gasteiger partial charge in [-0.15, -0.1) is 0 Å². The molecule has 4 rings (SSSR count). The van der Waals surface area contributed by atoms with E-state index in [9.17, 15) is 15.0 Å². The molecule has 0 aromatic heterocycles. The predicted molar refractivity (Wildman–Crippen MR) is 141 cm³/mol. The lowest BCUT2D eigenvalue weighted by atomic mass is 9.97. The Morgan fingerprint density at radius 2 is 1.14 bits per heavy atom. The summed E-state index contributed by atoms with van der Waals surface area (Å²) in [7, 11) is 0. The number of rotatable bonds is 6. The lowest BCUT2D eigenvalue weighted by Crippen LogP contribution is -2.56. The Morgan fingerprint density at radius 1 is 0.722 bits per heavy atom. The van der Waals surface area contributed by atoms with Crippen LogP contribution in [0.3, 0.4) is 0 Å². The van der Waals surface area contributed by atoms with E-state index in [2.05, 4.69) is 5.73 Å². The van der Waals surface area contributed by atoms with Gasteiger partial charge in [0.25, 0.3) is 0 Å². The second-order valence-corrected chi connectivity index (χ2v) is 8.30. The van der Waals surface area contributed by atoms with Crippen molar-refractivity contribution in [3.63, 3.8) is 0 Å². The summed E-state index contributed by atoms with van der Waals surface area (Å²) in [5.74, 6) is -1.12. The summed E-state index contributed by atoms with van der Waals surface area (Å²) >= 11 is 0. The van der Waals surface area contributed by atoms with Crippen molar-refractivity contribution < 1.29 is 25.8 Å². The second-order valence-electron chi connectivity index (χ2n) is 8.30. The quantitative estimate of drug-likeness (QED) is 0.383. The van der Waals surface area contributed by atoms with Crippen molar-refractivity contribution in [2.75, 3.05) is 0 Å². The van der Waals surface area contributed by atoms with Crippen molar-refractivity contribution in [2.24, 2.45) is 0 Å². The molecule has 0 spiro atoms. The summed E-state index contributed by atoms with van der Waals surface area (Å²) in [6.45, 7) is 3.78. The monoisotopic (exact) mass is 485 g/mol. The Hall–Kier alpha value is -3.77. The van der Waals surface area contributed by atoms with Crippen molar-refractivity contribution in [1.82, 2.24) is 0 Å². The molecular weight excluding hydrogens is 450 g/mol. The zero-order valence-electron chi connectivity index (χ0n) is 20.8. The number of hydrogen-bond acceptors (Lipinski definition) is 4. The summed E-state index contributed by atoms with van der Waals surface area (Å²) in [6.07, 6.45) is 0.0302. The van der Waals surface area contributed by atoms with Crippen LogP contribution in [-0.2, 0) is 6.42 Å². The van der Waals surface area contributed by atoms with E-state index in [-0.39, 0.29) is 17.7 Å². The van der Waals surface area contributed by atoms with Gasteiger partial charge in [-0.3, -0.25) is 0 Å². The normalized spacial score (nSPS) is 12.6. The molecule has 0 radical (unpaired) electrons. The fourth-order valence-electron chi connectivity index (χ4n) is 3.37. The minimum absolute atomic E-state index is 0.136. The lowest BCUT2D eigenvalue weighted by molar-refractivity contribution is -0.446. The number of quaternary nitrogens is 1. The maximum atomic E-state index is 10.3. The number of hydrogen-bond donors (Lipinski definition) is 3. The fourth-order valence-corrected chi connectivity index (χ4v) is 3.37. The zero-order valence-corrected chi connectivity index (χ0v) is 20.8. The largest absolute Gasteiger partial charge is 0.545 e. The van der Waals surface area contributed by atoms with E-state index in [1.54, 1.807) is 31.2 Å². The van der Waals surface area contributed by atoms with Crippen molar-refractivity contribution in [1.29, 1.82) is 0 Å². The maximum Gasteiger partial charge on any atom is 0.140 e. The van der Waals surface area contributed by atoms with E-state index in [0.717, 1.165) is 28.7 Å². The summed E-state index contributed by atoms with van der Waals surface area (Å²) in [6, 6.07) is 35.7. The number of carbonyl (C=O) groups excluding carboxylic acids is 1. The first-order chi connectivity index (χ1) is 17.3. The van der Waals surface area contributed by atoms with E-state index < -0.39 is 12.1 Å². The number of benzene rings is 4. The van der Waals surface area contributed by atoms with Crippen LogP contribution in [0.4, 0.5) is 0 Å². The molecule has 0 unspecified atom stereocenters. The van der Waals surface area contributed by atoms with Gasteiger partial charge in [0.1, 0.15) is 12.1 Å². The average Bonchev–Trinajstić information content (AvgIpc) is 2.94. The predicted octanol–water partition coefficient (Wildman–Crippen LogP) is 4.06. The van der Waals surface area contributed by atoms with Gasteiger partial charge in [-0.05, 0) is 35.6 Å². The molecule has 5 heteroatoms. The highest BCUT2D eigenvalue weighted by molar-refractivity contribution is 5.85. The van der Waals surface area contributed by atoms with Crippen molar-refractivity contribution in [2.45, 2.75) is 38.5 Å². The first-order valence-corrected chi connectivity index (χ1v) is 12.0. The van der Waals surface area contributed by atoms with Gasteiger partial charge in [0.2, 0.25) is 0 Å². The van der Waals surface area contributed by atoms with Crippen LogP contribution in [-0.4, -0.2) is 16.2 Å². The lowest BCUT2D eigenvalue weighted by Gasteiger charge is -2.16. The molecule has 0 aliphatic rings. The summed E-state index contributed by atoms with van der Waals surface area (Å²) in [4.78, 5) is 10.3. The molecule has 0 aliphatic heterocycles. The van der Waals surface area contributed by atoms with Gasteiger partial charge in [-0.1, -0.05) is 122 Å². The third-order valence-electron chi connectivity index (χ3n) is 5.63. The molecule has 4 aromatic carbocycles. The summed E-state index contributed by atoms with van der Waals surface area (Å²) in [5.41, 5.74) is 8.34. The SMILES string of the molecule is CCc1ccc(C(=O)[O-])cc1.C[C@@H](O)c1ccccc1.[NH3+][C@H](c1ccccc1)[C@@H](O)c1ccccc1. The van der Waals surface area contributed by atoms with E-state index in [0.29, 0.717) is 0 Å². The molecule has 188 valence electrons. The smallest absolute Gasteiger partial charge is 0.140 e. The van der Waals surface area contributed by atoms with Gasteiger partial charge in [-0.2, -0.15) is 0 Å². The molecule has 4 aromatic rings. The van der Waals surface area contributed by atoms with Crippen LogP contribution < -0.4 is 10.8 Å². The molecule has 0 saturated heterocycles. The number of carboxylic acid groups (broad SMARTS) is 1. The highest BCUT2D eigenvalue weighted by Crippen LogP contribution is 2.24. The van der Waals surface area contributed by atoms with Crippen LogP contribution in [0.1, 0.15) is 64.7 Å². The van der Waals surface area contributed by atoms with Crippen molar-refractivity contribution >= 4 is 5.97 Å². The molecule has 0 heterocycles. The molecular formula is C31H35NO4. The van der Waals surface area contributed by atoms with Crippen LogP contribution in [0.25, 0.3) is 0 Å². The van der Waals surface area contributed by atoms with Gasteiger partial charge in [-0.25, -0.2) is 0 Å². The highest BCUT2D eigenvalue weighted by atomic mass is 16.4. The van der Waals surface area contributed by atoms with E-state index in [4.69, 9.17) is 5.11 Å². The first kappa shape index (κ1) is 28.5. The van der Waals surface area contributed by atoms with Gasteiger partial charge in [0.05, 0.1) is 12.1 Å². The second kappa shape index (κ2) is 15.3. The minimum atomic E-state index is -1.12. The molecule has 0 aliphatic carbocycles. The molecule has 0 bridgehead atoms. The Kier molecular flexibility index (Phi) is 12.1. The first-order valence-electron chi connectivity index (χ1n) is 12.0. The Labute approximate surface area is 213 Å². The van der Waals surface area contributed by atoms with Crippen LogP contribution in [0.2, 0.25) is 0 Å². The highest BCUT2D eigenvalue weighted by Gasteiger charge is 2.21. The van der Waals surface area contributed by atoms with Gasteiger partial charge >= 0.3 is 0 Å². The number of aryl methyl sites for hydroxylation is 1. The molecule has 36 heavy (non-hydrogen) atoms.